The minimum absolute atomic E-state index is 0.0497. The van der Waals surface area contributed by atoms with E-state index in [2.05, 4.69) is 28.1 Å². The fourth-order valence-electron chi connectivity index (χ4n) is 3.72. The summed E-state index contributed by atoms with van der Waals surface area (Å²) in [7, 11) is -3.02. The zero-order valence-electron chi connectivity index (χ0n) is 13.9. The van der Waals surface area contributed by atoms with Crippen LogP contribution in [0.3, 0.4) is 0 Å². The Bertz CT molecular complexity index is 857. The number of nitrogens with two attached hydrogens (primary N) is 1. The number of rotatable bonds is 5. The van der Waals surface area contributed by atoms with Crippen LogP contribution in [0, 0.1) is 11.3 Å². The van der Waals surface area contributed by atoms with E-state index in [1.54, 1.807) is 12.4 Å². The van der Waals surface area contributed by atoms with Gasteiger partial charge in [0, 0.05) is 42.8 Å². The number of pyridine rings is 1. The van der Waals surface area contributed by atoms with Gasteiger partial charge in [-0.2, -0.15) is 5.26 Å². The Labute approximate surface area is 153 Å². The molecule has 0 unspecified atom stereocenters. The first kappa shape index (κ1) is 18.0. The summed E-state index contributed by atoms with van der Waals surface area (Å²) < 4.78 is 23.0. The van der Waals surface area contributed by atoms with Gasteiger partial charge in [-0.1, -0.05) is 24.4 Å². The highest BCUT2D eigenvalue weighted by Crippen LogP contribution is 2.44. The van der Waals surface area contributed by atoms with Crippen LogP contribution in [0.15, 0.2) is 30.6 Å². The minimum Gasteiger partial charge on any atom is -0.389 e. The Balaban J connectivity index is 1.86. The molecule has 3 atom stereocenters. The topological polar surface area (TPSA) is 100 Å². The van der Waals surface area contributed by atoms with Gasteiger partial charge in [-0.3, -0.25) is 9.88 Å². The highest BCUT2D eigenvalue weighted by molar-refractivity contribution is 7.90. The van der Waals surface area contributed by atoms with Gasteiger partial charge in [0.15, 0.2) is 0 Å². The van der Waals surface area contributed by atoms with E-state index in [9.17, 15) is 13.7 Å². The van der Waals surface area contributed by atoms with Crippen LogP contribution in [0.4, 0.5) is 0 Å². The second-order valence-electron chi connectivity index (χ2n) is 6.82. The molecule has 1 fully saturated rings. The lowest BCUT2D eigenvalue weighted by Gasteiger charge is -2.43. The van der Waals surface area contributed by atoms with Gasteiger partial charge in [0.1, 0.15) is 14.8 Å². The smallest absolute Gasteiger partial charge is 0.148 e. The maximum Gasteiger partial charge on any atom is 0.148 e. The highest BCUT2D eigenvalue weighted by atomic mass is 32.2. The summed E-state index contributed by atoms with van der Waals surface area (Å²) in [6.45, 7) is 0.480. The zero-order valence-corrected chi connectivity index (χ0v) is 15.6. The third kappa shape index (κ3) is 3.59. The number of piperidine rings is 1. The van der Waals surface area contributed by atoms with E-state index in [-0.39, 0.29) is 22.8 Å². The summed E-state index contributed by atoms with van der Waals surface area (Å²) in [5.74, 6) is 0.125. The number of hydrogen-bond donors (Lipinski definition) is 1. The zero-order chi connectivity index (χ0) is 18.2. The van der Waals surface area contributed by atoms with Crippen molar-refractivity contribution in [1.82, 2.24) is 9.88 Å². The standard InChI is InChI=1S/C17H20N4O2S2/c1-25(22,23)5-4-21-14-2-3-15(21)8-17(7-14,11-18)13-6-12(16(19)24)9-20-10-13/h2-3,6,9-10,14-15H,4-5,7-8H2,1H3,(H2,19,24)/t14-,15+,17-. The van der Waals surface area contributed by atoms with Crippen molar-refractivity contribution in [2.45, 2.75) is 30.3 Å². The van der Waals surface area contributed by atoms with Gasteiger partial charge in [0.05, 0.1) is 17.2 Å². The molecular formula is C17H20N4O2S2. The molecule has 3 heterocycles. The number of fused-ring (bicyclic) bond motifs is 2. The first-order chi connectivity index (χ1) is 11.7. The third-order valence-electron chi connectivity index (χ3n) is 5.03. The molecule has 0 saturated carbocycles. The average molecular weight is 377 g/mol. The number of aromatic nitrogens is 1. The molecule has 1 aromatic rings. The Hall–Kier alpha value is -1.82. The molecule has 0 aliphatic carbocycles. The van der Waals surface area contributed by atoms with Gasteiger partial charge in [-0.15, -0.1) is 0 Å². The number of nitriles is 1. The fourth-order valence-corrected chi connectivity index (χ4v) is 4.38. The molecule has 0 radical (unpaired) electrons. The Morgan fingerprint density at radius 2 is 2.08 bits per heavy atom. The Morgan fingerprint density at radius 1 is 1.44 bits per heavy atom. The van der Waals surface area contributed by atoms with Crippen molar-refractivity contribution in [2.24, 2.45) is 5.73 Å². The molecule has 2 aliphatic rings. The normalized spacial score (nSPS) is 28.6. The van der Waals surface area contributed by atoms with Crippen molar-refractivity contribution in [1.29, 1.82) is 5.26 Å². The molecule has 8 heteroatoms. The average Bonchev–Trinajstić information content (AvgIpc) is 2.81. The Morgan fingerprint density at radius 3 is 2.60 bits per heavy atom. The molecule has 2 aliphatic heterocycles. The maximum atomic E-state index is 11.5. The van der Waals surface area contributed by atoms with Crippen molar-refractivity contribution >= 4 is 27.0 Å². The van der Waals surface area contributed by atoms with Crippen molar-refractivity contribution in [3.63, 3.8) is 0 Å². The first-order valence-electron chi connectivity index (χ1n) is 8.02. The van der Waals surface area contributed by atoms with E-state index in [4.69, 9.17) is 18.0 Å². The van der Waals surface area contributed by atoms with E-state index >= 15 is 0 Å². The SMILES string of the molecule is CS(=O)(=O)CCN1[C@@H]2C=C[C@H]1C[C@](C#N)(c1cncc(C(N)=S)c1)C2. The third-order valence-corrected chi connectivity index (χ3v) is 6.19. The predicted octanol–water partition coefficient (Wildman–Crippen LogP) is 0.925. The van der Waals surface area contributed by atoms with E-state index in [1.807, 2.05) is 6.07 Å². The molecular weight excluding hydrogens is 356 g/mol. The number of thiocarbonyl (C=S) groups is 1. The summed E-state index contributed by atoms with van der Waals surface area (Å²) >= 11 is 5.02. The molecule has 25 heavy (non-hydrogen) atoms. The summed E-state index contributed by atoms with van der Waals surface area (Å²) in [6.07, 6.45) is 9.92. The van der Waals surface area contributed by atoms with E-state index in [1.165, 1.54) is 6.26 Å². The summed E-state index contributed by atoms with van der Waals surface area (Å²) in [6, 6.07) is 4.44. The molecule has 6 nitrogen and oxygen atoms in total. The van der Waals surface area contributed by atoms with Gasteiger partial charge in [0.25, 0.3) is 0 Å². The molecule has 1 saturated heterocycles. The molecule has 3 rings (SSSR count). The predicted molar refractivity (Wildman–Crippen MR) is 99.8 cm³/mol. The second kappa shape index (κ2) is 6.48. The molecule has 2 bridgehead atoms. The van der Waals surface area contributed by atoms with Crippen molar-refractivity contribution < 1.29 is 8.42 Å². The van der Waals surface area contributed by atoms with E-state index in [0.717, 1.165) is 5.56 Å². The summed E-state index contributed by atoms with van der Waals surface area (Å²) in [5.41, 5.74) is 6.50. The number of sulfone groups is 1. The van der Waals surface area contributed by atoms with Crippen LogP contribution in [0.25, 0.3) is 0 Å². The van der Waals surface area contributed by atoms with Crippen LogP contribution in [0.5, 0.6) is 0 Å². The first-order valence-corrected chi connectivity index (χ1v) is 10.5. The highest BCUT2D eigenvalue weighted by Gasteiger charge is 2.47. The monoisotopic (exact) mass is 376 g/mol. The fraction of sp³-hybridized carbons (Fsp3) is 0.471. The van der Waals surface area contributed by atoms with Gasteiger partial charge < -0.3 is 5.73 Å². The van der Waals surface area contributed by atoms with Crippen molar-refractivity contribution in [3.05, 3.63) is 41.7 Å². The molecule has 1 aromatic heterocycles. The summed E-state index contributed by atoms with van der Waals surface area (Å²) in [4.78, 5) is 6.63. The molecule has 132 valence electrons. The van der Waals surface area contributed by atoms with Crippen LogP contribution in [0.1, 0.15) is 24.0 Å². The number of nitrogens with zero attached hydrogens (tertiary/aromatic N) is 3. The largest absolute Gasteiger partial charge is 0.389 e. The molecule has 2 N–H and O–H groups in total. The van der Waals surface area contributed by atoms with Gasteiger partial charge in [-0.05, 0) is 24.5 Å². The minimum atomic E-state index is -3.02. The quantitative estimate of drug-likeness (QED) is 0.602. The number of hydrogen-bond acceptors (Lipinski definition) is 6. The van der Waals surface area contributed by atoms with Crippen LogP contribution >= 0.6 is 12.2 Å². The van der Waals surface area contributed by atoms with E-state index < -0.39 is 15.3 Å². The second-order valence-corrected chi connectivity index (χ2v) is 9.52. The molecule has 0 aromatic carbocycles. The lowest BCUT2D eigenvalue weighted by molar-refractivity contribution is 0.126. The van der Waals surface area contributed by atoms with Crippen molar-refractivity contribution in [2.75, 3.05) is 18.6 Å². The van der Waals surface area contributed by atoms with Gasteiger partial charge in [-0.25, -0.2) is 8.42 Å². The summed E-state index contributed by atoms with van der Waals surface area (Å²) in [5, 5.41) is 9.95. The van der Waals surface area contributed by atoms with Crippen LogP contribution < -0.4 is 5.73 Å². The maximum absolute atomic E-state index is 11.5. The van der Waals surface area contributed by atoms with Gasteiger partial charge >= 0.3 is 0 Å². The van der Waals surface area contributed by atoms with Crippen LogP contribution in [-0.4, -0.2) is 53.9 Å². The molecule has 0 spiro atoms. The van der Waals surface area contributed by atoms with Gasteiger partial charge in [0.2, 0.25) is 0 Å². The van der Waals surface area contributed by atoms with Crippen LogP contribution in [0.2, 0.25) is 0 Å². The lowest BCUT2D eigenvalue weighted by atomic mass is 9.71. The van der Waals surface area contributed by atoms with E-state index in [0.29, 0.717) is 24.9 Å². The van der Waals surface area contributed by atoms with Crippen molar-refractivity contribution in [3.8, 4) is 6.07 Å². The Kier molecular flexibility index (Phi) is 4.66. The molecule has 0 amide bonds. The van der Waals surface area contributed by atoms with Crippen LogP contribution in [-0.2, 0) is 15.3 Å². The lowest BCUT2D eigenvalue weighted by Crippen LogP contribution is -2.51.